The Bertz CT molecular complexity index is 966. The van der Waals surface area contributed by atoms with Crippen molar-refractivity contribution < 1.29 is 18.1 Å². The fourth-order valence-electron chi connectivity index (χ4n) is 2.74. The Hall–Kier alpha value is -2.79. The molecule has 2 aromatic heterocycles. The molecule has 2 N–H and O–H groups in total. The number of halogens is 3. The SMILES string of the molecule is C[NH+](C)CCNc1cc(C(F)(F)F)c(C#N)c2nc3ccccc3n12. The predicted molar refractivity (Wildman–Crippen MR) is 88.6 cm³/mol. The lowest BCUT2D eigenvalue weighted by Gasteiger charge is -2.16. The molecular weight excluding hydrogens is 331 g/mol. The van der Waals surface area contributed by atoms with Crippen molar-refractivity contribution in [1.29, 1.82) is 5.26 Å². The van der Waals surface area contributed by atoms with Gasteiger partial charge in [0.15, 0.2) is 5.65 Å². The molecule has 3 aromatic rings. The Morgan fingerprint density at radius 3 is 2.64 bits per heavy atom. The third kappa shape index (κ3) is 3.10. The van der Waals surface area contributed by atoms with Crippen molar-refractivity contribution in [2.75, 3.05) is 32.5 Å². The summed E-state index contributed by atoms with van der Waals surface area (Å²) in [7, 11) is 3.92. The average Bonchev–Trinajstić information content (AvgIpc) is 2.92. The summed E-state index contributed by atoms with van der Waals surface area (Å²) in [6, 6.07) is 9.69. The molecule has 25 heavy (non-hydrogen) atoms. The molecule has 0 atom stereocenters. The number of imidazole rings is 1. The molecule has 0 aliphatic carbocycles. The first-order valence-corrected chi connectivity index (χ1v) is 7.77. The number of likely N-dealkylation sites (N-methyl/N-ethyl adjacent to an activating group) is 1. The first kappa shape index (κ1) is 17.0. The number of nitrogens with one attached hydrogen (secondary N) is 2. The predicted octanol–water partition coefficient (Wildman–Crippen LogP) is 1.93. The maximum Gasteiger partial charge on any atom is 0.417 e. The average molecular weight is 348 g/mol. The highest BCUT2D eigenvalue weighted by molar-refractivity contribution is 5.85. The number of nitrogens with zero attached hydrogens (tertiary/aromatic N) is 3. The second kappa shape index (κ2) is 6.26. The van der Waals surface area contributed by atoms with Gasteiger partial charge < -0.3 is 10.2 Å². The molecular formula is C17H17F3N5+. The lowest BCUT2D eigenvalue weighted by molar-refractivity contribution is -0.856. The number of nitriles is 1. The molecule has 130 valence electrons. The summed E-state index contributed by atoms with van der Waals surface area (Å²) in [6.07, 6.45) is -4.63. The molecule has 0 aliphatic rings. The van der Waals surface area contributed by atoms with E-state index in [2.05, 4.69) is 10.3 Å². The van der Waals surface area contributed by atoms with Gasteiger partial charge in [-0.1, -0.05) is 12.1 Å². The van der Waals surface area contributed by atoms with Gasteiger partial charge in [0.1, 0.15) is 17.5 Å². The van der Waals surface area contributed by atoms with Crippen LogP contribution in [0.3, 0.4) is 0 Å². The number of para-hydroxylation sites is 2. The van der Waals surface area contributed by atoms with Crippen molar-refractivity contribution in [3.8, 4) is 6.07 Å². The summed E-state index contributed by atoms with van der Waals surface area (Å²) in [4.78, 5) is 5.43. The van der Waals surface area contributed by atoms with E-state index in [-0.39, 0.29) is 11.5 Å². The third-order valence-corrected chi connectivity index (χ3v) is 3.92. The van der Waals surface area contributed by atoms with Gasteiger partial charge in [0, 0.05) is 0 Å². The Morgan fingerprint density at radius 2 is 2.00 bits per heavy atom. The van der Waals surface area contributed by atoms with Gasteiger partial charge in [-0.05, 0) is 18.2 Å². The molecule has 0 radical (unpaired) electrons. The number of quaternary nitrogens is 1. The van der Waals surface area contributed by atoms with Gasteiger partial charge in [0.05, 0.1) is 43.8 Å². The number of benzene rings is 1. The number of anilines is 1. The van der Waals surface area contributed by atoms with Crippen molar-refractivity contribution in [3.63, 3.8) is 0 Å². The maximum atomic E-state index is 13.4. The lowest BCUT2D eigenvalue weighted by Crippen LogP contribution is -3.06. The van der Waals surface area contributed by atoms with Crippen LogP contribution in [-0.2, 0) is 6.18 Å². The normalized spacial score (nSPS) is 12.0. The highest BCUT2D eigenvalue weighted by Crippen LogP contribution is 2.36. The number of alkyl halides is 3. The van der Waals surface area contributed by atoms with E-state index in [4.69, 9.17) is 0 Å². The van der Waals surface area contributed by atoms with Crippen LogP contribution in [-0.4, -0.2) is 36.6 Å². The number of fused-ring (bicyclic) bond motifs is 3. The van der Waals surface area contributed by atoms with E-state index in [1.807, 2.05) is 14.1 Å². The molecule has 0 bridgehead atoms. The van der Waals surface area contributed by atoms with Crippen molar-refractivity contribution in [2.45, 2.75) is 6.18 Å². The fourth-order valence-corrected chi connectivity index (χ4v) is 2.74. The van der Waals surface area contributed by atoms with E-state index >= 15 is 0 Å². The second-order valence-corrected chi connectivity index (χ2v) is 6.07. The number of pyridine rings is 1. The zero-order chi connectivity index (χ0) is 18.2. The van der Waals surface area contributed by atoms with Gasteiger partial charge in [-0.25, -0.2) is 4.98 Å². The quantitative estimate of drug-likeness (QED) is 0.758. The molecule has 0 aliphatic heterocycles. The van der Waals surface area contributed by atoms with Crippen molar-refractivity contribution in [2.24, 2.45) is 0 Å². The van der Waals surface area contributed by atoms with Crippen LogP contribution in [0, 0.1) is 11.3 Å². The van der Waals surface area contributed by atoms with Gasteiger partial charge in [-0.2, -0.15) is 18.4 Å². The van der Waals surface area contributed by atoms with Gasteiger partial charge >= 0.3 is 6.18 Å². The van der Waals surface area contributed by atoms with Gasteiger partial charge in [0.2, 0.25) is 0 Å². The highest BCUT2D eigenvalue weighted by Gasteiger charge is 2.36. The first-order chi connectivity index (χ1) is 11.8. The third-order valence-electron chi connectivity index (χ3n) is 3.92. The minimum Gasteiger partial charge on any atom is -0.365 e. The molecule has 0 fully saturated rings. The minimum atomic E-state index is -4.63. The Kier molecular flexibility index (Phi) is 4.27. The van der Waals surface area contributed by atoms with Crippen LogP contribution >= 0.6 is 0 Å². The summed E-state index contributed by atoms with van der Waals surface area (Å²) in [5.74, 6) is 0.274. The molecule has 8 heteroatoms. The Balaban J connectivity index is 2.29. The molecule has 2 heterocycles. The van der Waals surface area contributed by atoms with Crippen molar-refractivity contribution >= 4 is 22.5 Å². The summed E-state index contributed by atoms with van der Waals surface area (Å²) in [5.41, 5.74) is -0.231. The summed E-state index contributed by atoms with van der Waals surface area (Å²) in [5, 5.41) is 12.4. The van der Waals surface area contributed by atoms with Crippen LogP contribution in [0.4, 0.5) is 19.0 Å². The molecule has 1 aromatic carbocycles. The van der Waals surface area contributed by atoms with E-state index < -0.39 is 17.3 Å². The van der Waals surface area contributed by atoms with Gasteiger partial charge in [-0.15, -0.1) is 0 Å². The Labute approximate surface area is 142 Å². The van der Waals surface area contributed by atoms with Gasteiger partial charge in [-0.3, -0.25) is 4.40 Å². The van der Waals surface area contributed by atoms with E-state index in [0.29, 0.717) is 17.6 Å². The van der Waals surface area contributed by atoms with Crippen LogP contribution in [0.5, 0.6) is 0 Å². The molecule has 0 spiro atoms. The molecule has 0 saturated heterocycles. The van der Waals surface area contributed by atoms with Crippen LogP contribution in [0.1, 0.15) is 11.1 Å². The lowest BCUT2D eigenvalue weighted by atomic mass is 10.1. The number of hydrogen-bond acceptors (Lipinski definition) is 3. The minimum absolute atomic E-state index is 0.0122. The molecule has 5 nitrogen and oxygen atoms in total. The number of rotatable bonds is 4. The molecule has 0 amide bonds. The van der Waals surface area contributed by atoms with E-state index in [9.17, 15) is 18.4 Å². The van der Waals surface area contributed by atoms with Crippen LogP contribution in [0.2, 0.25) is 0 Å². The zero-order valence-electron chi connectivity index (χ0n) is 13.8. The van der Waals surface area contributed by atoms with Crippen molar-refractivity contribution in [3.05, 3.63) is 41.5 Å². The maximum absolute atomic E-state index is 13.4. The van der Waals surface area contributed by atoms with Crippen molar-refractivity contribution in [1.82, 2.24) is 9.38 Å². The monoisotopic (exact) mass is 348 g/mol. The van der Waals surface area contributed by atoms with Crippen LogP contribution in [0.25, 0.3) is 16.7 Å². The number of aromatic nitrogens is 2. The smallest absolute Gasteiger partial charge is 0.365 e. The number of hydrogen-bond donors (Lipinski definition) is 2. The summed E-state index contributed by atoms with van der Waals surface area (Å²) < 4.78 is 41.9. The largest absolute Gasteiger partial charge is 0.417 e. The highest BCUT2D eigenvalue weighted by atomic mass is 19.4. The summed E-state index contributed by atoms with van der Waals surface area (Å²) in [6.45, 7) is 1.22. The molecule has 0 saturated carbocycles. The topological polar surface area (TPSA) is 57.6 Å². The van der Waals surface area contributed by atoms with Crippen LogP contribution in [0.15, 0.2) is 30.3 Å². The van der Waals surface area contributed by atoms with E-state index in [0.717, 1.165) is 12.6 Å². The van der Waals surface area contributed by atoms with Crippen LogP contribution < -0.4 is 10.2 Å². The fraction of sp³-hybridized carbons (Fsp3) is 0.294. The standard InChI is InChI=1S/C17H16F3N5/c1-24(2)8-7-22-15-9-12(17(18,19)20)11(10-21)16-23-13-5-3-4-6-14(13)25(15)16/h3-6,9,22H,7-8H2,1-2H3/p+1. The van der Waals surface area contributed by atoms with E-state index in [1.54, 1.807) is 34.7 Å². The van der Waals surface area contributed by atoms with E-state index in [1.165, 1.54) is 4.90 Å². The molecule has 0 unspecified atom stereocenters. The second-order valence-electron chi connectivity index (χ2n) is 6.07. The van der Waals surface area contributed by atoms with Gasteiger partial charge in [0.25, 0.3) is 0 Å². The summed E-state index contributed by atoms with van der Waals surface area (Å²) >= 11 is 0. The Morgan fingerprint density at radius 1 is 1.28 bits per heavy atom. The zero-order valence-corrected chi connectivity index (χ0v) is 13.8. The molecule has 3 rings (SSSR count). The first-order valence-electron chi connectivity index (χ1n) is 7.77.